The van der Waals surface area contributed by atoms with Gasteiger partial charge in [0, 0.05) is 25.3 Å². The van der Waals surface area contributed by atoms with Gasteiger partial charge in [0.25, 0.3) is 0 Å². The van der Waals surface area contributed by atoms with E-state index >= 15 is 0 Å². The number of rotatable bonds is 6. The van der Waals surface area contributed by atoms with Crippen LogP contribution in [0.1, 0.15) is 37.8 Å². The SMILES string of the molecule is CCCC(C)(O)CNCc1cccc2c1NCC2. The van der Waals surface area contributed by atoms with Crippen molar-refractivity contribution in [3.05, 3.63) is 29.3 Å². The molecule has 0 aromatic heterocycles. The zero-order valence-electron chi connectivity index (χ0n) is 11.4. The Bertz CT molecular complexity index is 401. The molecule has 3 nitrogen and oxygen atoms in total. The van der Waals surface area contributed by atoms with Crippen LogP contribution in [0.5, 0.6) is 0 Å². The summed E-state index contributed by atoms with van der Waals surface area (Å²) in [5.74, 6) is 0. The van der Waals surface area contributed by atoms with Crippen molar-refractivity contribution in [2.45, 2.75) is 45.3 Å². The van der Waals surface area contributed by atoms with Crippen molar-refractivity contribution >= 4 is 5.69 Å². The molecular formula is C15H24N2O. The molecule has 0 aliphatic carbocycles. The second kappa shape index (κ2) is 5.72. The van der Waals surface area contributed by atoms with Gasteiger partial charge in [0.15, 0.2) is 0 Å². The van der Waals surface area contributed by atoms with Gasteiger partial charge in [-0.2, -0.15) is 0 Å². The highest BCUT2D eigenvalue weighted by molar-refractivity contribution is 5.61. The van der Waals surface area contributed by atoms with Crippen LogP contribution in [0.4, 0.5) is 5.69 Å². The van der Waals surface area contributed by atoms with E-state index in [0.717, 1.165) is 32.4 Å². The number of hydrogen-bond acceptors (Lipinski definition) is 3. The summed E-state index contributed by atoms with van der Waals surface area (Å²) in [6, 6.07) is 6.46. The molecular weight excluding hydrogens is 224 g/mol. The Balaban J connectivity index is 1.90. The van der Waals surface area contributed by atoms with E-state index in [1.54, 1.807) is 0 Å². The number of anilines is 1. The van der Waals surface area contributed by atoms with Crippen LogP contribution in [0.15, 0.2) is 18.2 Å². The molecule has 0 fully saturated rings. The summed E-state index contributed by atoms with van der Waals surface area (Å²) in [5, 5.41) is 16.9. The van der Waals surface area contributed by atoms with Gasteiger partial charge >= 0.3 is 0 Å². The molecule has 1 heterocycles. The molecule has 1 aromatic carbocycles. The normalized spacial score (nSPS) is 17.1. The first kappa shape index (κ1) is 13.4. The first-order chi connectivity index (χ1) is 8.62. The molecule has 0 amide bonds. The average Bonchev–Trinajstić information content (AvgIpc) is 2.77. The third-order valence-electron chi connectivity index (χ3n) is 3.54. The Hall–Kier alpha value is -1.06. The van der Waals surface area contributed by atoms with E-state index in [4.69, 9.17) is 0 Å². The molecule has 3 N–H and O–H groups in total. The Kier molecular flexibility index (Phi) is 4.25. The maximum absolute atomic E-state index is 10.1. The molecule has 0 saturated heterocycles. The van der Waals surface area contributed by atoms with Crippen molar-refractivity contribution < 1.29 is 5.11 Å². The van der Waals surface area contributed by atoms with Gasteiger partial charge in [-0.15, -0.1) is 0 Å². The van der Waals surface area contributed by atoms with Gasteiger partial charge in [-0.3, -0.25) is 0 Å². The van der Waals surface area contributed by atoms with Crippen LogP contribution in [-0.2, 0) is 13.0 Å². The lowest BCUT2D eigenvalue weighted by Crippen LogP contribution is -2.37. The van der Waals surface area contributed by atoms with E-state index < -0.39 is 5.60 Å². The molecule has 3 heteroatoms. The standard InChI is InChI=1S/C15H24N2O/c1-3-8-15(2,18)11-16-10-13-6-4-5-12-7-9-17-14(12)13/h4-6,16-18H,3,7-11H2,1-2H3. The molecule has 0 bridgehead atoms. The minimum absolute atomic E-state index is 0.597. The predicted molar refractivity (Wildman–Crippen MR) is 75.9 cm³/mol. The molecule has 1 aromatic rings. The number of nitrogens with one attached hydrogen (secondary N) is 2. The number of hydrogen-bond donors (Lipinski definition) is 3. The van der Waals surface area contributed by atoms with Crippen molar-refractivity contribution in [3.8, 4) is 0 Å². The van der Waals surface area contributed by atoms with Gasteiger partial charge in [-0.05, 0) is 30.9 Å². The fourth-order valence-electron chi connectivity index (χ4n) is 2.65. The van der Waals surface area contributed by atoms with Crippen LogP contribution in [0.2, 0.25) is 0 Å². The summed E-state index contributed by atoms with van der Waals surface area (Å²) in [6.07, 6.45) is 2.97. The topological polar surface area (TPSA) is 44.3 Å². The van der Waals surface area contributed by atoms with Gasteiger partial charge in [0.2, 0.25) is 0 Å². The maximum atomic E-state index is 10.1. The first-order valence-corrected chi connectivity index (χ1v) is 6.90. The summed E-state index contributed by atoms with van der Waals surface area (Å²) in [4.78, 5) is 0. The van der Waals surface area contributed by atoms with Gasteiger partial charge in [0.1, 0.15) is 0 Å². The second-order valence-electron chi connectivity index (χ2n) is 5.48. The second-order valence-corrected chi connectivity index (χ2v) is 5.48. The predicted octanol–water partition coefficient (Wildman–Crippen LogP) is 2.30. The fraction of sp³-hybridized carbons (Fsp3) is 0.600. The van der Waals surface area contributed by atoms with Crippen LogP contribution >= 0.6 is 0 Å². The largest absolute Gasteiger partial charge is 0.389 e. The lowest BCUT2D eigenvalue weighted by molar-refractivity contribution is 0.0498. The van der Waals surface area contributed by atoms with Crippen LogP contribution in [-0.4, -0.2) is 23.8 Å². The number of fused-ring (bicyclic) bond motifs is 1. The van der Waals surface area contributed by atoms with Gasteiger partial charge < -0.3 is 15.7 Å². The van der Waals surface area contributed by atoms with Crippen molar-refractivity contribution in [1.29, 1.82) is 0 Å². The maximum Gasteiger partial charge on any atom is 0.0743 e. The van der Waals surface area contributed by atoms with Crippen molar-refractivity contribution in [2.24, 2.45) is 0 Å². The van der Waals surface area contributed by atoms with Gasteiger partial charge in [-0.25, -0.2) is 0 Å². The molecule has 1 atom stereocenters. The Morgan fingerprint density at radius 3 is 3.06 bits per heavy atom. The fourth-order valence-corrected chi connectivity index (χ4v) is 2.65. The minimum atomic E-state index is -0.597. The number of aliphatic hydroxyl groups is 1. The molecule has 18 heavy (non-hydrogen) atoms. The van der Waals surface area contributed by atoms with Crippen LogP contribution in [0.25, 0.3) is 0 Å². The summed E-state index contributed by atoms with van der Waals surface area (Å²) < 4.78 is 0. The van der Waals surface area contributed by atoms with E-state index in [1.165, 1.54) is 16.8 Å². The van der Waals surface area contributed by atoms with Gasteiger partial charge in [0.05, 0.1) is 5.60 Å². The molecule has 1 unspecified atom stereocenters. The van der Waals surface area contributed by atoms with Crippen molar-refractivity contribution in [3.63, 3.8) is 0 Å². The van der Waals surface area contributed by atoms with E-state index in [-0.39, 0.29) is 0 Å². The highest BCUT2D eigenvalue weighted by Gasteiger charge is 2.19. The third kappa shape index (κ3) is 3.24. The monoisotopic (exact) mass is 248 g/mol. The van der Waals surface area contributed by atoms with Crippen LogP contribution in [0, 0.1) is 0 Å². The smallest absolute Gasteiger partial charge is 0.0743 e. The van der Waals surface area contributed by atoms with E-state index in [2.05, 4.69) is 35.8 Å². The molecule has 1 aliphatic heterocycles. The van der Waals surface area contributed by atoms with Crippen molar-refractivity contribution in [2.75, 3.05) is 18.4 Å². The number of benzene rings is 1. The van der Waals surface area contributed by atoms with E-state index in [9.17, 15) is 5.11 Å². The molecule has 0 spiro atoms. The Labute approximate surface area is 110 Å². The molecule has 0 radical (unpaired) electrons. The quantitative estimate of drug-likeness (QED) is 0.724. The van der Waals surface area contributed by atoms with Crippen molar-refractivity contribution in [1.82, 2.24) is 5.32 Å². The van der Waals surface area contributed by atoms with Gasteiger partial charge in [-0.1, -0.05) is 31.5 Å². The lowest BCUT2D eigenvalue weighted by atomic mass is 10.0. The summed E-state index contributed by atoms with van der Waals surface area (Å²) in [5.41, 5.74) is 3.41. The van der Waals surface area contributed by atoms with Crippen LogP contribution < -0.4 is 10.6 Å². The van der Waals surface area contributed by atoms with E-state index in [0.29, 0.717) is 6.54 Å². The zero-order chi connectivity index (χ0) is 13.0. The average molecular weight is 248 g/mol. The summed E-state index contributed by atoms with van der Waals surface area (Å²) in [6.45, 7) is 6.50. The zero-order valence-corrected chi connectivity index (χ0v) is 11.4. The highest BCUT2D eigenvalue weighted by Crippen LogP contribution is 2.26. The Morgan fingerprint density at radius 2 is 2.28 bits per heavy atom. The Morgan fingerprint density at radius 1 is 1.44 bits per heavy atom. The molecule has 2 rings (SSSR count). The lowest BCUT2D eigenvalue weighted by Gasteiger charge is -2.23. The molecule has 100 valence electrons. The van der Waals surface area contributed by atoms with E-state index in [1.807, 2.05) is 6.92 Å². The van der Waals surface area contributed by atoms with Crippen LogP contribution in [0.3, 0.4) is 0 Å². The first-order valence-electron chi connectivity index (χ1n) is 6.90. The summed E-state index contributed by atoms with van der Waals surface area (Å²) in [7, 11) is 0. The molecule has 0 saturated carbocycles. The molecule has 1 aliphatic rings. The minimum Gasteiger partial charge on any atom is -0.389 e. The third-order valence-corrected chi connectivity index (χ3v) is 3.54. The summed E-state index contributed by atoms with van der Waals surface area (Å²) >= 11 is 0. The number of para-hydroxylation sites is 1. The highest BCUT2D eigenvalue weighted by atomic mass is 16.3.